The molecule has 0 fully saturated rings. The molecule has 2 aliphatic heterocycles. The predicted molar refractivity (Wildman–Crippen MR) is 120 cm³/mol. The number of halogens is 2. The third kappa shape index (κ3) is 3.99. The molecule has 0 aliphatic carbocycles. The number of anilines is 1. The van der Waals surface area contributed by atoms with Gasteiger partial charge in [0.2, 0.25) is 5.91 Å². The number of alkyl halides is 2. The van der Waals surface area contributed by atoms with Crippen LogP contribution in [0.4, 0.5) is 14.5 Å². The van der Waals surface area contributed by atoms with E-state index in [0.717, 1.165) is 16.8 Å². The normalized spacial score (nSPS) is 16.1. The molecule has 2 N–H and O–H groups in total. The van der Waals surface area contributed by atoms with Crippen molar-refractivity contribution in [3.63, 3.8) is 0 Å². The first-order chi connectivity index (χ1) is 15.3. The van der Waals surface area contributed by atoms with Gasteiger partial charge in [-0.15, -0.1) is 0 Å². The summed E-state index contributed by atoms with van der Waals surface area (Å²) in [5.41, 5.74) is 4.34. The minimum Gasteiger partial charge on any atom is -0.388 e. The number of amidine groups is 1. The first kappa shape index (κ1) is 22.0. The lowest BCUT2D eigenvalue weighted by molar-refractivity contribution is -0.128. The molecule has 0 bridgehead atoms. The molecule has 170 valence electrons. The zero-order valence-electron chi connectivity index (χ0n) is 18.6. The highest BCUT2D eigenvalue weighted by Gasteiger charge is 2.31. The summed E-state index contributed by atoms with van der Waals surface area (Å²) >= 11 is 0. The topological polar surface area (TPSA) is 77.2 Å². The standard InChI is InChI=1S/C23H28F2N6O/c1-4-27-20-6-7-30(14(2)32)13-19(20)23(26)31-8-5-15-9-17(16-11-28-29(3)12-16)18(22(24)25)10-21(15)31/h9-12,22,26-27H,4-8,13H2,1-3H3. The minimum atomic E-state index is -2.65. The van der Waals surface area contributed by atoms with E-state index >= 15 is 0 Å². The number of carbonyl (C=O) groups is 1. The first-order valence-corrected chi connectivity index (χ1v) is 10.8. The lowest BCUT2D eigenvalue weighted by Gasteiger charge is -2.33. The summed E-state index contributed by atoms with van der Waals surface area (Å²) in [7, 11) is 1.76. The molecule has 1 amide bonds. The molecule has 0 spiro atoms. The zero-order valence-corrected chi connectivity index (χ0v) is 18.6. The average Bonchev–Trinajstić information content (AvgIpc) is 3.38. The van der Waals surface area contributed by atoms with Crippen molar-refractivity contribution in [2.45, 2.75) is 33.1 Å². The average molecular weight is 443 g/mol. The molecule has 2 aliphatic rings. The van der Waals surface area contributed by atoms with E-state index in [2.05, 4.69) is 10.4 Å². The highest BCUT2D eigenvalue weighted by atomic mass is 19.3. The van der Waals surface area contributed by atoms with E-state index in [4.69, 9.17) is 5.41 Å². The van der Waals surface area contributed by atoms with Gasteiger partial charge in [-0.1, -0.05) is 0 Å². The fourth-order valence-corrected chi connectivity index (χ4v) is 4.50. The number of amides is 1. The molecule has 32 heavy (non-hydrogen) atoms. The molecule has 0 unspecified atom stereocenters. The number of aryl methyl sites for hydroxylation is 1. The molecule has 0 saturated carbocycles. The number of rotatable bonds is 5. The highest BCUT2D eigenvalue weighted by Crippen LogP contribution is 2.40. The summed E-state index contributed by atoms with van der Waals surface area (Å²) < 4.78 is 29.6. The van der Waals surface area contributed by atoms with Crippen LogP contribution in [0.25, 0.3) is 11.1 Å². The quantitative estimate of drug-likeness (QED) is 0.549. The minimum absolute atomic E-state index is 0.0335. The molecule has 1 aromatic carbocycles. The predicted octanol–water partition coefficient (Wildman–Crippen LogP) is 3.48. The van der Waals surface area contributed by atoms with Gasteiger partial charge >= 0.3 is 0 Å². The van der Waals surface area contributed by atoms with Gasteiger partial charge in [-0.2, -0.15) is 5.10 Å². The summed E-state index contributed by atoms with van der Waals surface area (Å²) in [6.45, 7) is 5.72. The Hall–Kier alpha value is -3.23. The molecule has 7 nitrogen and oxygen atoms in total. The molecule has 0 saturated heterocycles. The molecule has 1 aromatic heterocycles. The number of fused-ring (bicyclic) bond motifs is 1. The van der Waals surface area contributed by atoms with Crippen molar-refractivity contribution in [1.29, 1.82) is 5.41 Å². The number of nitrogens with zero attached hydrogens (tertiary/aromatic N) is 4. The Labute approximate surface area is 186 Å². The fraction of sp³-hybridized carbons (Fsp3) is 0.435. The number of nitrogens with one attached hydrogen (secondary N) is 2. The largest absolute Gasteiger partial charge is 0.388 e. The Bertz CT molecular complexity index is 1090. The van der Waals surface area contributed by atoms with Gasteiger partial charge < -0.3 is 15.1 Å². The van der Waals surface area contributed by atoms with Crippen LogP contribution < -0.4 is 10.2 Å². The third-order valence-corrected chi connectivity index (χ3v) is 6.13. The van der Waals surface area contributed by atoms with E-state index in [1.54, 1.807) is 33.9 Å². The van der Waals surface area contributed by atoms with Crippen LogP contribution >= 0.6 is 0 Å². The highest BCUT2D eigenvalue weighted by molar-refractivity contribution is 6.10. The SMILES string of the molecule is CCNC1=C(C(=N)N2CCc3cc(-c4cnn(C)c4)c(C(F)F)cc32)CN(C(C)=O)CC1. The Balaban J connectivity index is 1.72. The van der Waals surface area contributed by atoms with Crippen LogP contribution in [0.3, 0.4) is 0 Å². The number of hydrogen-bond acceptors (Lipinski definition) is 4. The van der Waals surface area contributed by atoms with Crippen LogP contribution in [-0.2, 0) is 18.3 Å². The smallest absolute Gasteiger partial charge is 0.264 e. The van der Waals surface area contributed by atoms with Crippen LogP contribution in [0.2, 0.25) is 0 Å². The fourth-order valence-electron chi connectivity index (χ4n) is 4.50. The number of aromatic nitrogens is 2. The number of benzene rings is 1. The lowest BCUT2D eigenvalue weighted by Crippen LogP contribution is -2.43. The number of carbonyl (C=O) groups excluding carboxylic acids is 1. The zero-order chi connectivity index (χ0) is 23.0. The second-order valence-corrected chi connectivity index (χ2v) is 8.20. The van der Waals surface area contributed by atoms with Crippen molar-refractivity contribution < 1.29 is 13.6 Å². The molecule has 0 atom stereocenters. The summed E-state index contributed by atoms with van der Waals surface area (Å²) in [6, 6.07) is 3.33. The van der Waals surface area contributed by atoms with Crippen LogP contribution in [0.1, 0.15) is 37.8 Å². The lowest BCUT2D eigenvalue weighted by atomic mass is 9.97. The molecule has 0 radical (unpaired) electrons. The Morgan fingerprint density at radius 2 is 2.06 bits per heavy atom. The van der Waals surface area contributed by atoms with Gasteiger partial charge in [0.05, 0.1) is 12.7 Å². The van der Waals surface area contributed by atoms with Crippen molar-refractivity contribution in [2.24, 2.45) is 7.05 Å². The monoisotopic (exact) mass is 442 g/mol. The summed E-state index contributed by atoms with van der Waals surface area (Å²) in [5, 5.41) is 16.4. The van der Waals surface area contributed by atoms with E-state index in [-0.39, 0.29) is 17.3 Å². The van der Waals surface area contributed by atoms with E-state index in [1.165, 1.54) is 13.0 Å². The van der Waals surface area contributed by atoms with E-state index < -0.39 is 6.43 Å². The van der Waals surface area contributed by atoms with Gasteiger partial charge in [0.1, 0.15) is 5.84 Å². The maximum atomic E-state index is 14.0. The van der Waals surface area contributed by atoms with E-state index in [1.807, 2.05) is 13.0 Å². The van der Waals surface area contributed by atoms with Gasteiger partial charge in [0, 0.05) is 74.3 Å². The van der Waals surface area contributed by atoms with Crippen LogP contribution in [0, 0.1) is 5.41 Å². The Morgan fingerprint density at radius 1 is 1.28 bits per heavy atom. The number of hydrogen-bond donors (Lipinski definition) is 2. The Morgan fingerprint density at radius 3 is 2.69 bits per heavy atom. The van der Waals surface area contributed by atoms with E-state index in [9.17, 15) is 13.6 Å². The van der Waals surface area contributed by atoms with Crippen molar-refractivity contribution >= 4 is 17.4 Å². The van der Waals surface area contributed by atoms with Crippen LogP contribution in [-0.4, -0.2) is 52.6 Å². The first-order valence-electron chi connectivity index (χ1n) is 10.8. The molecular formula is C23H28F2N6O. The summed E-state index contributed by atoms with van der Waals surface area (Å²) in [4.78, 5) is 15.5. The molecule has 9 heteroatoms. The van der Waals surface area contributed by atoms with Crippen molar-refractivity contribution in [3.8, 4) is 11.1 Å². The van der Waals surface area contributed by atoms with Crippen molar-refractivity contribution in [1.82, 2.24) is 20.0 Å². The van der Waals surface area contributed by atoms with E-state index in [0.29, 0.717) is 55.8 Å². The third-order valence-electron chi connectivity index (χ3n) is 6.13. The second-order valence-electron chi connectivity index (χ2n) is 8.20. The van der Waals surface area contributed by atoms with Gasteiger partial charge in [-0.3, -0.25) is 14.9 Å². The van der Waals surface area contributed by atoms with Gasteiger partial charge in [-0.05, 0) is 36.6 Å². The summed E-state index contributed by atoms with van der Waals surface area (Å²) in [5.74, 6) is 0.230. The second kappa shape index (κ2) is 8.72. The summed E-state index contributed by atoms with van der Waals surface area (Å²) in [6.07, 6.45) is 1.98. The van der Waals surface area contributed by atoms with Gasteiger partial charge in [0.15, 0.2) is 0 Å². The molecule has 3 heterocycles. The van der Waals surface area contributed by atoms with Crippen LogP contribution in [0.5, 0.6) is 0 Å². The molecular weight excluding hydrogens is 414 g/mol. The van der Waals surface area contributed by atoms with Gasteiger partial charge in [-0.25, -0.2) is 8.78 Å². The van der Waals surface area contributed by atoms with Gasteiger partial charge in [0.25, 0.3) is 6.43 Å². The van der Waals surface area contributed by atoms with Crippen molar-refractivity contribution in [2.75, 3.05) is 31.1 Å². The molecule has 2 aromatic rings. The maximum absolute atomic E-state index is 14.0. The Kier molecular flexibility index (Phi) is 5.99. The van der Waals surface area contributed by atoms with Crippen molar-refractivity contribution in [3.05, 3.63) is 46.9 Å². The maximum Gasteiger partial charge on any atom is 0.264 e. The molecule has 4 rings (SSSR count). The van der Waals surface area contributed by atoms with Crippen LogP contribution in [0.15, 0.2) is 35.8 Å².